The number of benzene rings is 2. The quantitative estimate of drug-likeness (QED) is 0.402. The molecule has 10 heteroatoms. The van der Waals surface area contributed by atoms with Crippen molar-refractivity contribution < 1.29 is 13.2 Å². The normalized spacial score (nSPS) is 15.2. The van der Waals surface area contributed by atoms with E-state index in [1.165, 1.54) is 15.6 Å². The van der Waals surface area contributed by atoms with E-state index in [0.717, 1.165) is 27.2 Å². The van der Waals surface area contributed by atoms with Gasteiger partial charge in [0, 0.05) is 36.6 Å². The summed E-state index contributed by atoms with van der Waals surface area (Å²) in [6.45, 7) is 5.07. The summed E-state index contributed by atoms with van der Waals surface area (Å²) < 4.78 is 29.2. The zero-order chi connectivity index (χ0) is 24.0. The number of carbonyl (C=O) groups is 1. The third kappa shape index (κ3) is 4.13. The third-order valence-corrected chi connectivity index (χ3v) is 9.27. The Kier molecular flexibility index (Phi) is 5.97. The summed E-state index contributed by atoms with van der Waals surface area (Å²) in [6, 6.07) is 16.1. The van der Waals surface area contributed by atoms with Crippen LogP contribution in [0.15, 0.2) is 59.5 Å². The lowest BCUT2D eigenvalue weighted by molar-refractivity contribution is 0.0703. The summed E-state index contributed by atoms with van der Waals surface area (Å²) in [7, 11) is -3.57. The van der Waals surface area contributed by atoms with Gasteiger partial charge >= 0.3 is 0 Å². The second kappa shape index (κ2) is 8.81. The van der Waals surface area contributed by atoms with Crippen molar-refractivity contribution in [1.82, 2.24) is 19.0 Å². The van der Waals surface area contributed by atoms with Crippen LogP contribution in [0.5, 0.6) is 0 Å². The summed E-state index contributed by atoms with van der Waals surface area (Å²) in [4.78, 5) is 16.8. The second-order valence-corrected chi connectivity index (χ2v) is 11.7. The number of hydrogen-bond acceptors (Lipinski definition) is 5. The van der Waals surface area contributed by atoms with Gasteiger partial charge in [-0.3, -0.25) is 4.79 Å². The van der Waals surface area contributed by atoms with Gasteiger partial charge in [0.15, 0.2) is 0 Å². The zero-order valence-corrected chi connectivity index (χ0v) is 21.1. The molecule has 2 aromatic carbocycles. The maximum atomic E-state index is 13.3. The molecular formula is C24H23ClN4O3S2. The highest BCUT2D eigenvalue weighted by molar-refractivity contribution is 7.89. The summed E-state index contributed by atoms with van der Waals surface area (Å²) in [6.07, 6.45) is 0. The molecule has 1 aliphatic heterocycles. The van der Waals surface area contributed by atoms with Crippen molar-refractivity contribution in [2.24, 2.45) is 0 Å². The molecule has 0 radical (unpaired) electrons. The highest BCUT2D eigenvalue weighted by atomic mass is 35.5. The Hall–Kier alpha value is -2.72. The SMILES string of the molecule is Cc1ccc(S(=O)(=O)N2CCN(C(=O)c3cc4c(C)nn(-c5ccc(Cl)cc5)c4s3)CC2)cc1. The smallest absolute Gasteiger partial charge is 0.264 e. The molecule has 1 amide bonds. The van der Waals surface area contributed by atoms with Crippen molar-refractivity contribution in [2.75, 3.05) is 26.2 Å². The molecular weight excluding hydrogens is 492 g/mol. The molecule has 5 rings (SSSR count). The van der Waals surface area contributed by atoms with Crippen LogP contribution in [0, 0.1) is 13.8 Å². The highest BCUT2D eigenvalue weighted by Crippen LogP contribution is 2.32. The lowest BCUT2D eigenvalue weighted by Crippen LogP contribution is -2.50. The van der Waals surface area contributed by atoms with Gasteiger partial charge in [0.1, 0.15) is 4.83 Å². The predicted octanol–water partition coefficient (Wildman–Crippen LogP) is 4.50. The van der Waals surface area contributed by atoms with Crippen LogP contribution in [0.4, 0.5) is 0 Å². The van der Waals surface area contributed by atoms with E-state index in [0.29, 0.717) is 23.0 Å². The number of nitrogens with zero attached hydrogens (tertiary/aromatic N) is 4. The number of sulfonamides is 1. The lowest BCUT2D eigenvalue weighted by Gasteiger charge is -2.33. The van der Waals surface area contributed by atoms with E-state index in [1.807, 2.05) is 48.9 Å². The highest BCUT2D eigenvalue weighted by Gasteiger charge is 2.31. The van der Waals surface area contributed by atoms with E-state index in [4.69, 9.17) is 11.6 Å². The number of amides is 1. The fraction of sp³-hybridized carbons (Fsp3) is 0.250. The van der Waals surface area contributed by atoms with Crippen molar-refractivity contribution in [1.29, 1.82) is 0 Å². The number of carbonyl (C=O) groups excluding carboxylic acids is 1. The minimum absolute atomic E-state index is 0.0874. The number of fused-ring (bicyclic) bond motifs is 1. The fourth-order valence-electron chi connectivity index (χ4n) is 4.06. The van der Waals surface area contributed by atoms with E-state index >= 15 is 0 Å². The van der Waals surface area contributed by atoms with Crippen LogP contribution in [-0.4, -0.2) is 59.5 Å². The minimum Gasteiger partial charge on any atom is -0.335 e. The monoisotopic (exact) mass is 514 g/mol. The van der Waals surface area contributed by atoms with E-state index in [1.54, 1.807) is 29.2 Å². The molecule has 1 aliphatic rings. The first-order valence-electron chi connectivity index (χ1n) is 10.9. The molecule has 0 spiro atoms. The molecule has 4 aromatic rings. The largest absolute Gasteiger partial charge is 0.335 e. The molecule has 1 fully saturated rings. The van der Waals surface area contributed by atoms with E-state index in [2.05, 4.69) is 5.10 Å². The zero-order valence-electron chi connectivity index (χ0n) is 18.7. The fourth-order valence-corrected chi connectivity index (χ4v) is 6.76. The molecule has 7 nitrogen and oxygen atoms in total. The van der Waals surface area contributed by atoms with Gasteiger partial charge in [-0.25, -0.2) is 13.1 Å². The molecule has 2 aromatic heterocycles. The summed E-state index contributed by atoms with van der Waals surface area (Å²) in [5.74, 6) is -0.0874. The topological polar surface area (TPSA) is 75.5 Å². The summed E-state index contributed by atoms with van der Waals surface area (Å²) >= 11 is 7.41. The van der Waals surface area contributed by atoms with Gasteiger partial charge in [-0.15, -0.1) is 11.3 Å². The van der Waals surface area contributed by atoms with Gasteiger partial charge in [-0.05, 0) is 56.3 Å². The van der Waals surface area contributed by atoms with E-state index in [-0.39, 0.29) is 23.9 Å². The van der Waals surface area contributed by atoms with Crippen LogP contribution in [0.3, 0.4) is 0 Å². The Morgan fingerprint density at radius 3 is 2.26 bits per heavy atom. The van der Waals surface area contributed by atoms with Crippen LogP contribution in [-0.2, 0) is 10.0 Å². The number of thiophene rings is 1. The number of aryl methyl sites for hydroxylation is 2. The third-order valence-electron chi connectivity index (χ3n) is 6.01. The molecule has 0 unspecified atom stereocenters. The molecule has 1 saturated heterocycles. The standard InChI is InChI=1S/C24H23ClN4O3S2/c1-16-3-9-20(10-4-16)34(31,32)28-13-11-27(12-14-28)23(30)22-15-21-17(2)26-29(24(21)33-22)19-7-5-18(25)6-8-19/h3-10,15H,11-14H2,1-2H3. The number of piperazine rings is 1. The van der Waals surface area contributed by atoms with Gasteiger partial charge in [0.25, 0.3) is 5.91 Å². The van der Waals surface area contributed by atoms with Crippen molar-refractivity contribution in [3.8, 4) is 5.69 Å². The maximum absolute atomic E-state index is 13.3. The molecule has 0 aliphatic carbocycles. The molecule has 34 heavy (non-hydrogen) atoms. The molecule has 3 heterocycles. The maximum Gasteiger partial charge on any atom is 0.264 e. The number of hydrogen-bond donors (Lipinski definition) is 0. The number of rotatable bonds is 4. The Bertz CT molecular complexity index is 1470. The van der Waals surface area contributed by atoms with Crippen LogP contribution in [0.25, 0.3) is 15.9 Å². The predicted molar refractivity (Wildman–Crippen MR) is 135 cm³/mol. The van der Waals surface area contributed by atoms with Crippen LogP contribution in [0.1, 0.15) is 20.9 Å². The summed E-state index contributed by atoms with van der Waals surface area (Å²) in [5, 5.41) is 6.20. The second-order valence-electron chi connectivity index (χ2n) is 8.31. The number of halogens is 1. The van der Waals surface area contributed by atoms with Crippen LogP contribution >= 0.6 is 22.9 Å². The molecule has 176 valence electrons. The molecule has 0 atom stereocenters. The number of aromatic nitrogens is 2. The average molecular weight is 515 g/mol. The summed E-state index contributed by atoms with van der Waals surface area (Å²) in [5.41, 5.74) is 2.72. The first-order chi connectivity index (χ1) is 16.2. The average Bonchev–Trinajstić information content (AvgIpc) is 3.40. The first kappa shape index (κ1) is 23.0. The Morgan fingerprint density at radius 2 is 1.62 bits per heavy atom. The van der Waals surface area contributed by atoms with Crippen molar-refractivity contribution in [2.45, 2.75) is 18.7 Å². The van der Waals surface area contributed by atoms with Crippen molar-refractivity contribution in [3.05, 3.63) is 75.8 Å². The molecule has 0 saturated carbocycles. The van der Waals surface area contributed by atoms with Crippen LogP contribution in [0.2, 0.25) is 5.02 Å². The Labute approximate surface area is 207 Å². The molecule has 0 N–H and O–H groups in total. The van der Waals surface area contributed by atoms with Gasteiger partial charge in [0.05, 0.1) is 21.2 Å². The van der Waals surface area contributed by atoms with Crippen molar-refractivity contribution in [3.63, 3.8) is 0 Å². The van der Waals surface area contributed by atoms with Crippen molar-refractivity contribution >= 4 is 49.1 Å². The van der Waals surface area contributed by atoms with Gasteiger partial charge in [-0.2, -0.15) is 9.40 Å². The van der Waals surface area contributed by atoms with E-state index < -0.39 is 10.0 Å². The van der Waals surface area contributed by atoms with Gasteiger partial charge < -0.3 is 4.90 Å². The Balaban J connectivity index is 1.34. The lowest BCUT2D eigenvalue weighted by atomic mass is 10.2. The Morgan fingerprint density at radius 1 is 0.971 bits per heavy atom. The molecule has 0 bridgehead atoms. The first-order valence-corrected chi connectivity index (χ1v) is 13.5. The van der Waals surface area contributed by atoms with E-state index in [9.17, 15) is 13.2 Å². The van der Waals surface area contributed by atoms with Gasteiger partial charge in [-0.1, -0.05) is 29.3 Å². The van der Waals surface area contributed by atoms with Crippen LogP contribution < -0.4 is 0 Å². The minimum atomic E-state index is -3.57. The van der Waals surface area contributed by atoms with Gasteiger partial charge in [0.2, 0.25) is 10.0 Å².